The number of rotatable bonds is 4. The first-order valence-corrected chi connectivity index (χ1v) is 6.33. The number of carbonyl (C=O) groups is 1. The molecule has 1 N–H and O–H groups in total. The molecule has 0 fully saturated rings. The fraction of sp³-hybridized carbons (Fsp3) is 0.0625. The highest BCUT2D eigenvalue weighted by molar-refractivity contribution is 6.30. The van der Waals surface area contributed by atoms with Crippen LogP contribution in [0.15, 0.2) is 48.5 Å². The second-order valence-electron chi connectivity index (χ2n) is 4.13. The molecule has 0 aliphatic carbocycles. The van der Waals surface area contributed by atoms with Crippen molar-refractivity contribution in [2.24, 2.45) is 0 Å². The summed E-state index contributed by atoms with van der Waals surface area (Å²) in [5.74, 6) is 0.121. The molecule has 20 heavy (non-hydrogen) atoms. The lowest BCUT2D eigenvalue weighted by Gasteiger charge is -2.03. The van der Waals surface area contributed by atoms with Crippen molar-refractivity contribution in [3.63, 3.8) is 0 Å². The van der Waals surface area contributed by atoms with Crippen LogP contribution in [0.1, 0.15) is 15.9 Å². The van der Waals surface area contributed by atoms with Gasteiger partial charge in [-0.25, -0.2) is 0 Å². The van der Waals surface area contributed by atoms with Crippen LogP contribution in [0.5, 0.6) is 11.5 Å². The minimum atomic E-state index is -0.278. The molecular weight excluding hydrogens is 276 g/mol. The Labute approximate surface area is 122 Å². The zero-order valence-electron chi connectivity index (χ0n) is 10.8. The number of halogens is 1. The Bertz CT molecular complexity index is 645. The topological polar surface area (TPSA) is 46.5 Å². The van der Waals surface area contributed by atoms with Crippen molar-refractivity contribution in [3.8, 4) is 11.5 Å². The molecule has 2 rings (SSSR count). The molecule has 0 spiro atoms. The molecule has 0 saturated carbocycles. The van der Waals surface area contributed by atoms with Crippen LogP contribution in [0, 0.1) is 0 Å². The Balaban J connectivity index is 2.17. The minimum absolute atomic E-state index is 0.102. The second kappa shape index (κ2) is 6.26. The molecule has 0 heterocycles. The first-order chi connectivity index (χ1) is 9.60. The second-order valence-corrected chi connectivity index (χ2v) is 4.57. The van der Waals surface area contributed by atoms with Gasteiger partial charge in [-0.1, -0.05) is 29.8 Å². The van der Waals surface area contributed by atoms with Gasteiger partial charge in [-0.05, 0) is 35.9 Å². The number of benzene rings is 2. The zero-order valence-corrected chi connectivity index (χ0v) is 11.6. The summed E-state index contributed by atoms with van der Waals surface area (Å²) in [6, 6.07) is 11.7. The number of allylic oxidation sites excluding steroid dienone is 1. The number of hydrogen-bond acceptors (Lipinski definition) is 3. The minimum Gasteiger partial charge on any atom is -0.507 e. The van der Waals surface area contributed by atoms with Crippen molar-refractivity contribution in [3.05, 3.63) is 64.7 Å². The van der Waals surface area contributed by atoms with Crippen molar-refractivity contribution >= 4 is 23.5 Å². The monoisotopic (exact) mass is 288 g/mol. The van der Waals surface area contributed by atoms with Gasteiger partial charge in [-0.2, -0.15) is 0 Å². The Hall–Kier alpha value is -2.26. The molecule has 0 aliphatic heterocycles. The molecular formula is C16H13ClO3. The standard InChI is InChI=1S/C16H13ClO3/c1-20-13-7-8-14(16(19)10-13)15(18)9-4-11-2-5-12(17)6-3-11/h2-10,19H,1H3. The molecule has 0 bridgehead atoms. The van der Waals surface area contributed by atoms with E-state index < -0.39 is 0 Å². The van der Waals surface area contributed by atoms with E-state index in [4.69, 9.17) is 16.3 Å². The number of phenolic OH excluding ortho intramolecular Hbond substituents is 1. The average molecular weight is 289 g/mol. The number of aromatic hydroxyl groups is 1. The molecule has 0 radical (unpaired) electrons. The molecule has 0 unspecified atom stereocenters. The summed E-state index contributed by atoms with van der Waals surface area (Å²) in [5, 5.41) is 10.4. The van der Waals surface area contributed by atoms with Gasteiger partial charge in [0.15, 0.2) is 5.78 Å². The SMILES string of the molecule is COc1ccc(C(=O)C=Cc2ccc(Cl)cc2)c(O)c1. The van der Waals surface area contributed by atoms with Crippen molar-refractivity contribution < 1.29 is 14.6 Å². The zero-order chi connectivity index (χ0) is 14.5. The van der Waals surface area contributed by atoms with Crippen LogP contribution in [0.4, 0.5) is 0 Å². The maximum atomic E-state index is 12.0. The predicted molar refractivity (Wildman–Crippen MR) is 79.5 cm³/mol. The van der Waals surface area contributed by atoms with E-state index >= 15 is 0 Å². The van der Waals surface area contributed by atoms with Crippen molar-refractivity contribution in [1.29, 1.82) is 0 Å². The third-order valence-electron chi connectivity index (χ3n) is 2.77. The number of methoxy groups -OCH3 is 1. The van der Waals surface area contributed by atoms with Crippen molar-refractivity contribution in [2.75, 3.05) is 7.11 Å². The lowest BCUT2D eigenvalue weighted by molar-refractivity contribution is 0.104. The van der Waals surface area contributed by atoms with E-state index in [2.05, 4.69) is 0 Å². The van der Waals surface area contributed by atoms with Gasteiger partial charge in [0.2, 0.25) is 0 Å². The van der Waals surface area contributed by atoms with Crippen LogP contribution in [0.2, 0.25) is 5.02 Å². The molecule has 0 saturated heterocycles. The van der Waals surface area contributed by atoms with Crippen LogP contribution in [0.3, 0.4) is 0 Å². The van der Waals surface area contributed by atoms with E-state index in [1.54, 1.807) is 36.4 Å². The fourth-order valence-corrected chi connectivity index (χ4v) is 1.81. The number of hydrogen-bond donors (Lipinski definition) is 1. The predicted octanol–water partition coefficient (Wildman–Crippen LogP) is 3.95. The quantitative estimate of drug-likeness (QED) is 0.684. The Kier molecular flexibility index (Phi) is 4.43. The van der Waals surface area contributed by atoms with Crippen LogP contribution in [0.25, 0.3) is 6.08 Å². The van der Waals surface area contributed by atoms with Crippen LogP contribution in [-0.2, 0) is 0 Å². The van der Waals surface area contributed by atoms with Gasteiger partial charge in [-0.3, -0.25) is 4.79 Å². The van der Waals surface area contributed by atoms with Crippen LogP contribution < -0.4 is 4.74 Å². The van der Waals surface area contributed by atoms with Gasteiger partial charge in [0.1, 0.15) is 11.5 Å². The molecule has 0 atom stereocenters. The van der Waals surface area contributed by atoms with Crippen molar-refractivity contribution in [1.82, 2.24) is 0 Å². The highest BCUT2D eigenvalue weighted by atomic mass is 35.5. The summed E-state index contributed by atoms with van der Waals surface area (Å²) in [7, 11) is 1.50. The molecule has 0 aromatic heterocycles. The first kappa shape index (κ1) is 14.2. The molecule has 4 heteroatoms. The smallest absolute Gasteiger partial charge is 0.189 e. The summed E-state index contributed by atoms with van der Waals surface area (Å²) in [4.78, 5) is 12.0. The molecule has 3 nitrogen and oxygen atoms in total. The normalized spacial score (nSPS) is 10.7. The van der Waals surface area contributed by atoms with E-state index in [0.29, 0.717) is 10.8 Å². The highest BCUT2D eigenvalue weighted by Gasteiger charge is 2.09. The summed E-state index contributed by atoms with van der Waals surface area (Å²) in [6.07, 6.45) is 3.08. The Morgan fingerprint density at radius 3 is 2.50 bits per heavy atom. The number of carbonyl (C=O) groups excluding carboxylic acids is 1. The van der Waals surface area contributed by atoms with Gasteiger partial charge < -0.3 is 9.84 Å². The number of phenols is 1. The number of ketones is 1. The lowest BCUT2D eigenvalue weighted by Crippen LogP contribution is -1.95. The van der Waals surface area contributed by atoms with Gasteiger partial charge in [0, 0.05) is 11.1 Å². The molecule has 102 valence electrons. The van der Waals surface area contributed by atoms with E-state index in [9.17, 15) is 9.90 Å². The third kappa shape index (κ3) is 3.39. The largest absolute Gasteiger partial charge is 0.507 e. The fourth-order valence-electron chi connectivity index (χ4n) is 1.68. The van der Waals surface area contributed by atoms with Gasteiger partial charge in [-0.15, -0.1) is 0 Å². The molecule has 0 aliphatic rings. The number of ether oxygens (including phenoxy) is 1. The van der Waals surface area contributed by atoms with Gasteiger partial charge in [0.25, 0.3) is 0 Å². The Morgan fingerprint density at radius 2 is 1.90 bits per heavy atom. The Morgan fingerprint density at radius 1 is 1.20 bits per heavy atom. The van der Waals surface area contributed by atoms with Crippen LogP contribution >= 0.6 is 11.6 Å². The van der Waals surface area contributed by atoms with E-state index in [0.717, 1.165) is 5.56 Å². The third-order valence-corrected chi connectivity index (χ3v) is 3.02. The molecule has 2 aromatic rings. The van der Waals surface area contributed by atoms with Gasteiger partial charge >= 0.3 is 0 Å². The van der Waals surface area contributed by atoms with E-state index in [1.807, 2.05) is 0 Å². The summed E-state index contributed by atoms with van der Waals surface area (Å²) in [5.41, 5.74) is 1.09. The maximum Gasteiger partial charge on any atom is 0.189 e. The van der Waals surface area contributed by atoms with Crippen molar-refractivity contribution in [2.45, 2.75) is 0 Å². The average Bonchev–Trinajstić information content (AvgIpc) is 2.46. The maximum absolute atomic E-state index is 12.0. The van der Waals surface area contributed by atoms with E-state index in [-0.39, 0.29) is 17.1 Å². The van der Waals surface area contributed by atoms with Gasteiger partial charge in [0.05, 0.1) is 12.7 Å². The first-order valence-electron chi connectivity index (χ1n) is 5.95. The molecule has 0 amide bonds. The lowest BCUT2D eigenvalue weighted by atomic mass is 10.1. The van der Waals surface area contributed by atoms with E-state index in [1.165, 1.54) is 25.3 Å². The summed E-state index contributed by atoms with van der Waals surface area (Å²) >= 11 is 5.78. The highest BCUT2D eigenvalue weighted by Crippen LogP contribution is 2.24. The molecule has 2 aromatic carbocycles. The summed E-state index contributed by atoms with van der Waals surface area (Å²) in [6.45, 7) is 0. The summed E-state index contributed by atoms with van der Waals surface area (Å²) < 4.78 is 4.97. The van der Waals surface area contributed by atoms with Crippen LogP contribution in [-0.4, -0.2) is 18.0 Å².